The van der Waals surface area contributed by atoms with Crippen molar-refractivity contribution in [2.75, 3.05) is 39.8 Å². The summed E-state index contributed by atoms with van der Waals surface area (Å²) in [5, 5.41) is 3.56. The molecule has 2 aliphatic rings. The van der Waals surface area contributed by atoms with Crippen LogP contribution < -0.4 is 5.32 Å². The van der Waals surface area contributed by atoms with Gasteiger partial charge in [0, 0.05) is 44.1 Å². The van der Waals surface area contributed by atoms with Crippen LogP contribution in [-0.4, -0.2) is 78.5 Å². The zero-order valence-electron chi connectivity index (χ0n) is 21.6. The minimum absolute atomic E-state index is 0.0391. The summed E-state index contributed by atoms with van der Waals surface area (Å²) in [6, 6.07) is 8.74. The van der Waals surface area contributed by atoms with Crippen LogP contribution in [0.15, 0.2) is 36.4 Å². The minimum Gasteiger partial charge on any atom is -0.336 e. The molecular weight excluding hydrogens is 501 g/mol. The lowest BCUT2D eigenvalue weighted by atomic mass is 10.1. The quantitative estimate of drug-likeness (QED) is 0.515. The Balaban J connectivity index is 1.30. The lowest BCUT2D eigenvalue weighted by molar-refractivity contribution is -0.137. The number of thiophene rings is 1. The average Bonchev–Trinajstić information content (AvgIpc) is 3.63. The molecule has 37 heavy (non-hydrogen) atoms. The second-order valence-corrected chi connectivity index (χ2v) is 11.5. The number of nitrogens with one attached hydrogen (secondary N) is 1. The largest absolute Gasteiger partial charge is 0.416 e. The third-order valence-corrected chi connectivity index (χ3v) is 8.35. The van der Waals surface area contributed by atoms with Crippen molar-refractivity contribution in [3.8, 4) is 10.4 Å². The van der Waals surface area contributed by atoms with Gasteiger partial charge in [-0.05, 0) is 61.6 Å². The van der Waals surface area contributed by atoms with E-state index in [9.17, 15) is 22.8 Å². The van der Waals surface area contributed by atoms with Crippen LogP contribution in [0, 0.1) is 5.92 Å². The molecule has 2 saturated heterocycles. The number of halogens is 3. The molecule has 2 atom stereocenters. The van der Waals surface area contributed by atoms with Gasteiger partial charge < -0.3 is 20.0 Å². The van der Waals surface area contributed by atoms with E-state index < -0.39 is 11.7 Å². The number of alkyl halides is 3. The van der Waals surface area contributed by atoms with E-state index in [1.165, 1.54) is 23.5 Å². The van der Waals surface area contributed by atoms with E-state index in [0.717, 1.165) is 55.9 Å². The summed E-state index contributed by atoms with van der Waals surface area (Å²) in [6.45, 7) is 7.95. The molecule has 0 bridgehead atoms. The number of rotatable bonds is 7. The van der Waals surface area contributed by atoms with Gasteiger partial charge in [0.05, 0.1) is 16.5 Å². The molecule has 2 aromatic rings. The first-order valence-electron chi connectivity index (χ1n) is 12.8. The molecule has 0 spiro atoms. The molecule has 1 aromatic carbocycles. The first kappa shape index (κ1) is 27.4. The van der Waals surface area contributed by atoms with Crippen LogP contribution >= 0.6 is 11.3 Å². The molecule has 3 heterocycles. The number of amides is 3. The van der Waals surface area contributed by atoms with Crippen molar-refractivity contribution in [1.82, 2.24) is 20.0 Å². The van der Waals surface area contributed by atoms with Gasteiger partial charge >= 0.3 is 12.2 Å². The monoisotopic (exact) mass is 536 g/mol. The summed E-state index contributed by atoms with van der Waals surface area (Å²) in [5.41, 5.74) is -0.0593. The second kappa shape index (κ2) is 11.4. The zero-order chi connectivity index (χ0) is 26.7. The van der Waals surface area contributed by atoms with Gasteiger partial charge in [-0.15, -0.1) is 11.3 Å². The topological polar surface area (TPSA) is 55.9 Å². The van der Waals surface area contributed by atoms with E-state index >= 15 is 0 Å². The maximum Gasteiger partial charge on any atom is 0.416 e. The number of carbonyl (C=O) groups excluding carboxylic acids is 2. The molecule has 2 unspecified atom stereocenters. The summed E-state index contributed by atoms with van der Waals surface area (Å²) >= 11 is 1.26. The van der Waals surface area contributed by atoms with E-state index in [0.29, 0.717) is 35.5 Å². The Kier molecular flexibility index (Phi) is 8.48. The highest BCUT2D eigenvalue weighted by Crippen LogP contribution is 2.34. The normalized spacial score (nSPS) is 20.2. The van der Waals surface area contributed by atoms with Crippen LogP contribution in [-0.2, 0) is 6.18 Å². The van der Waals surface area contributed by atoms with Crippen molar-refractivity contribution in [2.45, 2.75) is 51.4 Å². The highest BCUT2D eigenvalue weighted by atomic mass is 32.1. The van der Waals surface area contributed by atoms with Gasteiger partial charge in [-0.2, -0.15) is 13.2 Å². The highest BCUT2D eigenvalue weighted by molar-refractivity contribution is 7.17. The number of nitrogens with zero attached hydrogens (tertiary/aromatic N) is 3. The summed E-state index contributed by atoms with van der Waals surface area (Å²) in [7, 11) is 1.75. The van der Waals surface area contributed by atoms with E-state index in [1.807, 2.05) is 9.80 Å². The van der Waals surface area contributed by atoms with Gasteiger partial charge in [-0.1, -0.05) is 26.0 Å². The molecule has 10 heteroatoms. The van der Waals surface area contributed by atoms with Crippen molar-refractivity contribution < 1.29 is 22.8 Å². The van der Waals surface area contributed by atoms with Crippen LogP contribution in [0.2, 0.25) is 0 Å². The van der Waals surface area contributed by atoms with E-state index in [-0.39, 0.29) is 18.0 Å². The second-order valence-electron chi connectivity index (χ2n) is 10.4. The van der Waals surface area contributed by atoms with Gasteiger partial charge in [0.1, 0.15) is 0 Å². The van der Waals surface area contributed by atoms with E-state index in [2.05, 4.69) is 19.2 Å². The summed E-state index contributed by atoms with van der Waals surface area (Å²) < 4.78 is 38.5. The van der Waals surface area contributed by atoms with Gasteiger partial charge in [-0.25, -0.2) is 4.79 Å². The number of likely N-dealkylation sites (tertiary alicyclic amines) is 2. The average molecular weight is 537 g/mol. The predicted octanol–water partition coefficient (Wildman–Crippen LogP) is 5.41. The number of urea groups is 1. The molecule has 0 aliphatic carbocycles. The third-order valence-electron chi connectivity index (χ3n) is 7.23. The summed E-state index contributed by atoms with van der Waals surface area (Å²) in [6.07, 6.45) is -1.59. The van der Waals surface area contributed by atoms with Crippen molar-refractivity contribution in [3.05, 3.63) is 46.8 Å². The number of likely N-dealkylation sites (N-methyl/N-ethyl adjacent to an activating group) is 1. The standard InChI is InChI=1S/C27H35F3N4O2S/c1-18(2)10-13-31-21-11-14-33(16-21)26(36)34-15-12-22(17-34)32(3)25(35)24-9-8-23(37-24)19-4-6-20(7-5-19)27(28,29)30/h4-9,18,21-22,31H,10-17H2,1-3H3. The third kappa shape index (κ3) is 6.65. The van der Waals surface area contributed by atoms with Gasteiger partial charge in [-0.3, -0.25) is 4.79 Å². The van der Waals surface area contributed by atoms with Crippen LogP contribution in [0.4, 0.5) is 18.0 Å². The van der Waals surface area contributed by atoms with Gasteiger partial charge in [0.25, 0.3) is 5.91 Å². The number of benzene rings is 1. The molecule has 2 aliphatic heterocycles. The molecule has 0 radical (unpaired) electrons. The number of carbonyl (C=O) groups is 2. The fourth-order valence-electron chi connectivity index (χ4n) is 4.88. The maximum atomic E-state index is 13.2. The Morgan fingerprint density at radius 1 is 1.05 bits per heavy atom. The maximum absolute atomic E-state index is 13.2. The van der Waals surface area contributed by atoms with E-state index in [4.69, 9.17) is 0 Å². The highest BCUT2D eigenvalue weighted by Gasteiger charge is 2.36. The zero-order valence-corrected chi connectivity index (χ0v) is 22.4. The van der Waals surface area contributed by atoms with Gasteiger partial charge in [0.15, 0.2) is 0 Å². The Morgan fingerprint density at radius 2 is 1.73 bits per heavy atom. The molecule has 0 saturated carbocycles. The number of hydrogen-bond acceptors (Lipinski definition) is 4. The predicted molar refractivity (Wildman–Crippen MR) is 140 cm³/mol. The van der Waals surface area contributed by atoms with Crippen LogP contribution in [0.1, 0.15) is 48.3 Å². The van der Waals surface area contributed by atoms with Crippen molar-refractivity contribution in [2.24, 2.45) is 5.92 Å². The molecule has 1 N–H and O–H groups in total. The molecule has 2 fully saturated rings. The minimum atomic E-state index is -4.38. The smallest absolute Gasteiger partial charge is 0.336 e. The SMILES string of the molecule is CC(C)CCNC1CCN(C(=O)N2CCC(N(C)C(=O)c3ccc(-c4ccc(C(F)(F)F)cc4)s3)C2)C1. The molecular formula is C27H35F3N4O2S. The first-order chi connectivity index (χ1) is 17.5. The van der Waals surface area contributed by atoms with Crippen molar-refractivity contribution in [3.63, 3.8) is 0 Å². The molecule has 3 amide bonds. The molecule has 4 rings (SSSR count). The van der Waals surface area contributed by atoms with E-state index in [1.54, 1.807) is 24.1 Å². The van der Waals surface area contributed by atoms with Crippen LogP contribution in [0.25, 0.3) is 10.4 Å². The van der Waals surface area contributed by atoms with Crippen LogP contribution in [0.3, 0.4) is 0 Å². The first-order valence-corrected chi connectivity index (χ1v) is 13.7. The fraction of sp³-hybridized carbons (Fsp3) is 0.556. The molecule has 6 nitrogen and oxygen atoms in total. The summed E-state index contributed by atoms with van der Waals surface area (Å²) in [5.74, 6) is 0.511. The fourth-order valence-corrected chi connectivity index (χ4v) is 5.87. The van der Waals surface area contributed by atoms with Gasteiger partial charge in [0.2, 0.25) is 0 Å². The van der Waals surface area contributed by atoms with Crippen LogP contribution in [0.5, 0.6) is 0 Å². The summed E-state index contributed by atoms with van der Waals surface area (Å²) in [4.78, 5) is 32.9. The molecule has 1 aromatic heterocycles. The lowest BCUT2D eigenvalue weighted by Crippen LogP contribution is -2.45. The Morgan fingerprint density at radius 3 is 2.41 bits per heavy atom. The Labute approximate surface area is 220 Å². The molecule has 202 valence electrons. The Bertz CT molecular complexity index is 1090. The lowest BCUT2D eigenvalue weighted by Gasteiger charge is -2.27. The Hall–Kier alpha value is -2.59. The van der Waals surface area contributed by atoms with Crippen molar-refractivity contribution in [1.29, 1.82) is 0 Å². The number of hydrogen-bond donors (Lipinski definition) is 1. The van der Waals surface area contributed by atoms with Crippen molar-refractivity contribution >= 4 is 23.3 Å².